The molecule has 1 aromatic heterocycles. The van der Waals surface area contributed by atoms with Gasteiger partial charge in [-0.3, -0.25) is 4.79 Å². The van der Waals surface area contributed by atoms with E-state index in [1.54, 1.807) is 0 Å². The summed E-state index contributed by atoms with van der Waals surface area (Å²) in [5.41, 5.74) is 0.704. The maximum absolute atomic E-state index is 12.5. The van der Waals surface area contributed by atoms with Gasteiger partial charge in [-0.25, -0.2) is 0 Å². The molecular formula is C11H10F3NOS. The minimum Gasteiger partial charge on any atom is -0.334 e. The molecular weight excluding hydrogens is 251 g/mol. The number of halogens is 3. The highest BCUT2D eigenvalue weighted by Gasteiger charge is 2.35. The van der Waals surface area contributed by atoms with Crippen LogP contribution in [0, 0.1) is 0 Å². The molecule has 92 valence electrons. The molecule has 2 rings (SSSR count). The van der Waals surface area contributed by atoms with Crippen LogP contribution in [0.3, 0.4) is 0 Å². The number of carbonyl (C=O) groups is 1. The van der Waals surface area contributed by atoms with Crippen molar-refractivity contribution in [3.63, 3.8) is 0 Å². The maximum Gasteiger partial charge on any atom is 0.425 e. The largest absolute Gasteiger partial charge is 0.425 e. The average Bonchev–Trinajstić information content (AvgIpc) is 2.70. The molecule has 0 saturated heterocycles. The third-order valence-corrected chi connectivity index (χ3v) is 3.85. The molecule has 0 aromatic carbocycles. The first-order valence-electron chi connectivity index (χ1n) is 5.02. The van der Waals surface area contributed by atoms with Crippen LogP contribution in [0.25, 0.3) is 0 Å². The lowest BCUT2D eigenvalue weighted by atomic mass is 10.1. The third-order valence-electron chi connectivity index (χ3n) is 2.65. The summed E-state index contributed by atoms with van der Waals surface area (Å²) in [7, 11) is 0. The summed E-state index contributed by atoms with van der Waals surface area (Å²) < 4.78 is 37.5. The van der Waals surface area contributed by atoms with Crippen LogP contribution in [0.4, 0.5) is 13.2 Å². The molecule has 0 radical (unpaired) electrons. The quantitative estimate of drug-likeness (QED) is 0.712. The lowest BCUT2D eigenvalue weighted by Gasteiger charge is -2.25. The Morgan fingerprint density at radius 3 is 2.82 bits per heavy atom. The molecule has 17 heavy (non-hydrogen) atoms. The lowest BCUT2D eigenvalue weighted by Crippen LogP contribution is -2.33. The molecule has 1 amide bonds. The Kier molecular flexibility index (Phi) is 2.99. The number of fused-ring (bicyclic) bond motifs is 1. The van der Waals surface area contributed by atoms with Gasteiger partial charge in [0.05, 0.1) is 6.54 Å². The number of hydrogen-bond donors (Lipinski definition) is 0. The van der Waals surface area contributed by atoms with Gasteiger partial charge in [0.2, 0.25) is 5.91 Å². The van der Waals surface area contributed by atoms with E-state index in [2.05, 4.69) is 6.58 Å². The van der Waals surface area contributed by atoms with Crippen LogP contribution in [0.2, 0.25) is 0 Å². The minimum atomic E-state index is -4.30. The Hall–Kier alpha value is -1.30. The number of thiophene rings is 1. The van der Waals surface area contributed by atoms with Gasteiger partial charge >= 0.3 is 6.18 Å². The summed E-state index contributed by atoms with van der Waals surface area (Å²) in [6, 6.07) is 1.19. The highest BCUT2D eigenvalue weighted by atomic mass is 32.1. The molecule has 0 saturated carbocycles. The Morgan fingerprint density at radius 1 is 1.53 bits per heavy atom. The van der Waals surface area contributed by atoms with Gasteiger partial charge in [-0.15, -0.1) is 11.3 Å². The standard InChI is InChI=1S/C11H10F3NOS/c1-2-10(16)15-4-3-7-5-9(11(12,13)14)17-8(7)6-15/h2,5H,1,3-4,6H2. The number of amides is 1. The van der Waals surface area contributed by atoms with Crippen molar-refractivity contribution < 1.29 is 18.0 Å². The number of nitrogens with zero attached hydrogens (tertiary/aromatic N) is 1. The molecule has 0 unspecified atom stereocenters. The van der Waals surface area contributed by atoms with Crippen LogP contribution in [-0.2, 0) is 23.9 Å². The van der Waals surface area contributed by atoms with E-state index in [1.165, 1.54) is 17.0 Å². The molecule has 0 atom stereocenters. The first kappa shape index (κ1) is 12.2. The van der Waals surface area contributed by atoms with E-state index in [0.29, 0.717) is 23.4 Å². The van der Waals surface area contributed by atoms with Crippen LogP contribution in [-0.4, -0.2) is 17.4 Å². The van der Waals surface area contributed by atoms with Gasteiger partial charge in [-0.2, -0.15) is 13.2 Å². The smallest absolute Gasteiger partial charge is 0.334 e. The van der Waals surface area contributed by atoms with Gasteiger partial charge in [-0.1, -0.05) is 6.58 Å². The lowest BCUT2D eigenvalue weighted by molar-refractivity contribution is -0.134. The average molecular weight is 261 g/mol. The summed E-state index contributed by atoms with van der Waals surface area (Å²) in [5.74, 6) is -0.238. The molecule has 0 spiro atoms. The van der Waals surface area contributed by atoms with E-state index >= 15 is 0 Å². The van der Waals surface area contributed by atoms with E-state index in [9.17, 15) is 18.0 Å². The fraction of sp³-hybridized carbons (Fsp3) is 0.364. The first-order valence-corrected chi connectivity index (χ1v) is 5.83. The topological polar surface area (TPSA) is 20.3 Å². The molecule has 0 fully saturated rings. The molecule has 1 aliphatic rings. The van der Waals surface area contributed by atoms with Gasteiger partial charge in [-0.05, 0) is 24.1 Å². The van der Waals surface area contributed by atoms with Gasteiger partial charge in [0.1, 0.15) is 4.88 Å². The van der Waals surface area contributed by atoms with E-state index in [0.717, 1.165) is 11.3 Å². The summed E-state index contributed by atoms with van der Waals surface area (Å²) in [6.45, 7) is 4.07. The summed E-state index contributed by atoms with van der Waals surface area (Å²) in [4.78, 5) is 12.9. The zero-order chi connectivity index (χ0) is 12.6. The van der Waals surface area contributed by atoms with Crippen molar-refractivity contribution in [2.75, 3.05) is 6.54 Å². The number of carbonyl (C=O) groups excluding carboxylic acids is 1. The highest BCUT2D eigenvalue weighted by Crippen LogP contribution is 2.38. The summed E-state index contributed by atoms with van der Waals surface area (Å²) in [6.07, 6.45) is -2.64. The van der Waals surface area contributed by atoms with Crippen molar-refractivity contribution in [2.45, 2.75) is 19.1 Å². The normalized spacial score (nSPS) is 15.6. The van der Waals surface area contributed by atoms with E-state index in [-0.39, 0.29) is 12.5 Å². The predicted molar refractivity (Wildman–Crippen MR) is 58.6 cm³/mol. The van der Waals surface area contributed by atoms with Crippen molar-refractivity contribution >= 4 is 17.2 Å². The molecule has 0 N–H and O–H groups in total. The van der Waals surface area contributed by atoms with Crippen LogP contribution in [0.1, 0.15) is 15.3 Å². The maximum atomic E-state index is 12.5. The molecule has 1 aliphatic heterocycles. The van der Waals surface area contributed by atoms with E-state index < -0.39 is 11.1 Å². The fourth-order valence-electron chi connectivity index (χ4n) is 1.78. The van der Waals surface area contributed by atoms with Gasteiger partial charge in [0.25, 0.3) is 0 Å². The number of alkyl halides is 3. The Morgan fingerprint density at radius 2 is 2.24 bits per heavy atom. The van der Waals surface area contributed by atoms with Crippen LogP contribution >= 0.6 is 11.3 Å². The van der Waals surface area contributed by atoms with Crippen molar-refractivity contribution in [2.24, 2.45) is 0 Å². The molecule has 0 bridgehead atoms. The number of rotatable bonds is 1. The Balaban J connectivity index is 2.24. The van der Waals surface area contributed by atoms with Crippen molar-refractivity contribution in [1.82, 2.24) is 4.90 Å². The van der Waals surface area contributed by atoms with Crippen LogP contribution in [0.5, 0.6) is 0 Å². The number of hydrogen-bond acceptors (Lipinski definition) is 2. The molecule has 1 aromatic rings. The van der Waals surface area contributed by atoms with Gasteiger partial charge < -0.3 is 4.90 Å². The van der Waals surface area contributed by atoms with Gasteiger partial charge in [0, 0.05) is 11.4 Å². The SMILES string of the molecule is C=CC(=O)N1CCc2cc(C(F)(F)F)sc2C1. The van der Waals surface area contributed by atoms with E-state index in [4.69, 9.17) is 0 Å². The Labute approximate surface area is 100 Å². The molecule has 2 nitrogen and oxygen atoms in total. The van der Waals surface area contributed by atoms with Gasteiger partial charge in [0.15, 0.2) is 0 Å². The fourth-order valence-corrected chi connectivity index (χ4v) is 2.87. The second kappa shape index (κ2) is 4.18. The highest BCUT2D eigenvalue weighted by molar-refractivity contribution is 7.12. The second-order valence-electron chi connectivity index (χ2n) is 3.77. The van der Waals surface area contributed by atoms with Crippen molar-refractivity contribution in [3.05, 3.63) is 34.0 Å². The summed E-state index contributed by atoms with van der Waals surface area (Å²) >= 11 is 0.721. The Bertz CT molecular complexity index is 464. The van der Waals surface area contributed by atoms with Crippen molar-refractivity contribution in [3.8, 4) is 0 Å². The predicted octanol–water partition coefficient (Wildman–Crippen LogP) is 2.84. The van der Waals surface area contributed by atoms with Crippen molar-refractivity contribution in [1.29, 1.82) is 0 Å². The zero-order valence-electron chi connectivity index (χ0n) is 8.88. The molecule has 6 heteroatoms. The zero-order valence-corrected chi connectivity index (χ0v) is 9.70. The first-order chi connectivity index (χ1) is 7.91. The van der Waals surface area contributed by atoms with E-state index in [1.807, 2.05) is 0 Å². The third kappa shape index (κ3) is 2.36. The van der Waals surface area contributed by atoms with Crippen LogP contribution in [0.15, 0.2) is 18.7 Å². The molecule has 0 aliphatic carbocycles. The second-order valence-corrected chi connectivity index (χ2v) is 4.91. The van der Waals surface area contributed by atoms with Crippen LogP contribution < -0.4 is 0 Å². The molecule has 2 heterocycles. The minimum absolute atomic E-state index is 0.238. The summed E-state index contributed by atoms with van der Waals surface area (Å²) in [5, 5.41) is 0. The monoisotopic (exact) mass is 261 g/mol.